The molecule has 0 radical (unpaired) electrons. The van der Waals surface area contributed by atoms with E-state index in [1.165, 1.54) is 0 Å². The maximum atomic E-state index is 12.4. The van der Waals surface area contributed by atoms with E-state index in [4.69, 9.17) is 4.74 Å². The number of rotatable bonds is 4. The number of H-pyrrole nitrogens is 1. The van der Waals surface area contributed by atoms with E-state index in [1.807, 2.05) is 0 Å². The van der Waals surface area contributed by atoms with E-state index in [0.29, 0.717) is 24.9 Å². The van der Waals surface area contributed by atoms with Gasteiger partial charge in [0.1, 0.15) is 17.5 Å². The molecule has 3 heterocycles. The fourth-order valence-corrected chi connectivity index (χ4v) is 2.33. The molecule has 23 heavy (non-hydrogen) atoms. The van der Waals surface area contributed by atoms with Gasteiger partial charge in [0, 0.05) is 18.6 Å². The highest BCUT2D eigenvalue weighted by Gasteiger charge is 2.35. The molecule has 1 fully saturated rings. The minimum atomic E-state index is -4.56. The number of anilines is 1. The Morgan fingerprint density at radius 3 is 2.83 bits per heavy atom. The predicted octanol–water partition coefficient (Wildman–Crippen LogP) is 2.04. The number of aromatic amines is 1. The van der Waals surface area contributed by atoms with Crippen LogP contribution in [0, 0.1) is 6.92 Å². The molecule has 0 unspecified atom stereocenters. The highest BCUT2D eigenvalue weighted by Crippen LogP contribution is 2.26. The Morgan fingerprint density at radius 1 is 1.35 bits per heavy atom. The SMILES string of the molecule is Cc1nc(NCc2nc(C(F)(F)F)n[nH]2)cc([C@H]2CCOC2)n1. The van der Waals surface area contributed by atoms with Gasteiger partial charge in [-0.2, -0.15) is 13.2 Å². The van der Waals surface area contributed by atoms with Crippen LogP contribution >= 0.6 is 0 Å². The van der Waals surface area contributed by atoms with Gasteiger partial charge in [0.25, 0.3) is 5.82 Å². The minimum Gasteiger partial charge on any atom is -0.381 e. The molecule has 1 atom stereocenters. The lowest BCUT2D eigenvalue weighted by Gasteiger charge is -2.11. The Labute approximate surface area is 129 Å². The summed E-state index contributed by atoms with van der Waals surface area (Å²) in [6, 6.07) is 1.79. The third-order valence-corrected chi connectivity index (χ3v) is 3.43. The van der Waals surface area contributed by atoms with Crippen molar-refractivity contribution in [1.29, 1.82) is 0 Å². The number of aromatic nitrogens is 5. The summed E-state index contributed by atoms with van der Waals surface area (Å²) in [5.74, 6) is 0.241. The van der Waals surface area contributed by atoms with Crippen LogP contribution in [-0.2, 0) is 17.5 Å². The Morgan fingerprint density at radius 2 is 2.17 bits per heavy atom. The number of nitrogens with one attached hydrogen (secondary N) is 2. The summed E-state index contributed by atoms with van der Waals surface area (Å²) < 4.78 is 42.7. The molecule has 2 aromatic rings. The molecule has 2 N–H and O–H groups in total. The third kappa shape index (κ3) is 3.76. The number of ether oxygens (including phenoxy) is 1. The first-order valence-electron chi connectivity index (χ1n) is 7.07. The fraction of sp³-hybridized carbons (Fsp3) is 0.538. The van der Waals surface area contributed by atoms with E-state index in [0.717, 1.165) is 12.1 Å². The van der Waals surface area contributed by atoms with Crippen LogP contribution in [0.1, 0.15) is 35.5 Å². The molecule has 2 aromatic heterocycles. The standard InChI is InChI=1S/C13H15F3N6O/c1-7-18-9(8-2-3-23-6-8)4-10(19-7)17-5-11-20-12(22-21-11)13(14,15)16/h4,8H,2-3,5-6H2,1H3,(H,17,18,19)(H,20,21,22)/t8-/m0/s1. The van der Waals surface area contributed by atoms with Crippen LogP contribution in [0.4, 0.5) is 19.0 Å². The maximum Gasteiger partial charge on any atom is 0.453 e. The number of alkyl halides is 3. The van der Waals surface area contributed by atoms with Crippen molar-refractivity contribution in [2.75, 3.05) is 18.5 Å². The second kappa shape index (κ2) is 6.11. The molecule has 0 spiro atoms. The molecule has 10 heteroatoms. The number of halogens is 3. The van der Waals surface area contributed by atoms with E-state index in [-0.39, 0.29) is 18.3 Å². The molecule has 0 saturated carbocycles. The van der Waals surface area contributed by atoms with E-state index < -0.39 is 12.0 Å². The second-order valence-electron chi connectivity index (χ2n) is 5.24. The zero-order chi connectivity index (χ0) is 16.4. The second-order valence-corrected chi connectivity index (χ2v) is 5.24. The van der Waals surface area contributed by atoms with E-state index >= 15 is 0 Å². The van der Waals surface area contributed by atoms with Gasteiger partial charge in [0.15, 0.2) is 0 Å². The summed E-state index contributed by atoms with van der Waals surface area (Å²) >= 11 is 0. The Balaban J connectivity index is 1.69. The zero-order valence-corrected chi connectivity index (χ0v) is 12.3. The lowest BCUT2D eigenvalue weighted by molar-refractivity contribution is -0.144. The summed E-state index contributed by atoms with van der Waals surface area (Å²) in [6.07, 6.45) is -3.66. The Bertz CT molecular complexity index is 681. The topological polar surface area (TPSA) is 88.6 Å². The zero-order valence-electron chi connectivity index (χ0n) is 12.3. The number of hydrogen-bond acceptors (Lipinski definition) is 6. The minimum absolute atomic E-state index is 0.0557. The summed E-state index contributed by atoms with van der Waals surface area (Å²) in [5.41, 5.74) is 0.867. The quantitative estimate of drug-likeness (QED) is 0.893. The molecular weight excluding hydrogens is 313 g/mol. The molecule has 0 aliphatic carbocycles. The molecule has 0 bridgehead atoms. The van der Waals surface area contributed by atoms with Crippen molar-refractivity contribution >= 4 is 5.82 Å². The lowest BCUT2D eigenvalue weighted by Crippen LogP contribution is -2.09. The van der Waals surface area contributed by atoms with E-state index in [9.17, 15) is 13.2 Å². The van der Waals surface area contributed by atoms with Crippen molar-refractivity contribution in [3.05, 3.63) is 29.2 Å². The molecule has 0 aromatic carbocycles. The van der Waals surface area contributed by atoms with Gasteiger partial charge in [-0.05, 0) is 13.3 Å². The van der Waals surface area contributed by atoms with E-state index in [2.05, 4.69) is 30.5 Å². The lowest BCUT2D eigenvalue weighted by atomic mass is 10.0. The first-order chi connectivity index (χ1) is 10.9. The average molecular weight is 328 g/mol. The molecule has 124 valence electrons. The molecule has 3 rings (SSSR count). The highest BCUT2D eigenvalue weighted by molar-refractivity contribution is 5.37. The van der Waals surface area contributed by atoms with Crippen LogP contribution in [-0.4, -0.2) is 38.4 Å². The highest BCUT2D eigenvalue weighted by atomic mass is 19.4. The Kier molecular flexibility index (Phi) is 4.16. The summed E-state index contributed by atoms with van der Waals surface area (Å²) in [7, 11) is 0. The van der Waals surface area contributed by atoms with Crippen molar-refractivity contribution in [2.24, 2.45) is 0 Å². The van der Waals surface area contributed by atoms with Crippen LogP contribution in [0.5, 0.6) is 0 Å². The normalized spacial score (nSPS) is 18.3. The number of hydrogen-bond donors (Lipinski definition) is 2. The molecular formula is C13H15F3N6O. The number of nitrogens with zero attached hydrogens (tertiary/aromatic N) is 4. The first kappa shape index (κ1) is 15.7. The Hall–Kier alpha value is -2.23. The maximum absolute atomic E-state index is 12.4. The monoisotopic (exact) mass is 328 g/mol. The van der Waals surface area contributed by atoms with Crippen LogP contribution in [0.25, 0.3) is 0 Å². The van der Waals surface area contributed by atoms with Crippen molar-refractivity contribution in [3.63, 3.8) is 0 Å². The average Bonchev–Trinajstić information content (AvgIpc) is 3.15. The summed E-state index contributed by atoms with van der Waals surface area (Å²) in [6.45, 7) is 3.14. The van der Waals surface area contributed by atoms with Crippen molar-refractivity contribution in [2.45, 2.75) is 32.0 Å². The fourth-order valence-electron chi connectivity index (χ4n) is 2.33. The van der Waals surface area contributed by atoms with E-state index in [1.54, 1.807) is 13.0 Å². The third-order valence-electron chi connectivity index (χ3n) is 3.43. The van der Waals surface area contributed by atoms with Gasteiger partial charge < -0.3 is 10.1 Å². The summed E-state index contributed by atoms with van der Waals surface area (Å²) in [5, 5.41) is 8.34. The van der Waals surface area contributed by atoms with Crippen molar-refractivity contribution in [3.8, 4) is 0 Å². The van der Waals surface area contributed by atoms with Crippen LogP contribution < -0.4 is 5.32 Å². The first-order valence-corrected chi connectivity index (χ1v) is 7.07. The van der Waals surface area contributed by atoms with Crippen LogP contribution in [0.3, 0.4) is 0 Å². The number of aryl methyl sites for hydroxylation is 1. The predicted molar refractivity (Wildman–Crippen MR) is 73.7 cm³/mol. The van der Waals surface area contributed by atoms with Crippen LogP contribution in [0.2, 0.25) is 0 Å². The van der Waals surface area contributed by atoms with Gasteiger partial charge in [-0.15, -0.1) is 5.10 Å². The van der Waals surface area contributed by atoms with Gasteiger partial charge >= 0.3 is 6.18 Å². The van der Waals surface area contributed by atoms with Gasteiger partial charge in [0.2, 0.25) is 0 Å². The summed E-state index contributed by atoms with van der Waals surface area (Å²) in [4.78, 5) is 12.0. The molecule has 0 amide bonds. The van der Waals surface area contributed by atoms with Crippen LogP contribution in [0.15, 0.2) is 6.07 Å². The molecule has 7 nitrogen and oxygen atoms in total. The molecule has 1 saturated heterocycles. The van der Waals surface area contributed by atoms with Crippen molar-refractivity contribution < 1.29 is 17.9 Å². The van der Waals surface area contributed by atoms with Crippen molar-refractivity contribution in [1.82, 2.24) is 25.1 Å². The molecule has 1 aliphatic rings. The van der Waals surface area contributed by atoms with Gasteiger partial charge in [-0.3, -0.25) is 5.10 Å². The van der Waals surface area contributed by atoms with Gasteiger partial charge in [0.05, 0.1) is 18.8 Å². The van der Waals surface area contributed by atoms with Gasteiger partial charge in [-0.1, -0.05) is 0 Å². The molecule has 1 aliphatic heterocycles. The smallest absolute Gasteiger partial charge is 0.381 e. The van der Waals surface area contributed by atoms with Gasteiger partial charge in [-0.25, -0.2) is 15.0 Å². The largest absolute Gasteiger partial charge is 0.453 e.